The maximum atomic E-state index is 6.84. The summed E-state index contributed by atoms with van der Waals surface area (Å²) in [4.78, 5) is 0. The highest BCUT2D eigenvalue weighted by Crippen LogP contribution is 2.60. The van der Waals surface area contributed by atoms with Crippen LogP contribution in [0.15, 0.2) is 18.2 Å². The van der Waals surface area contributed by atoms with E-state index in [-0.39, 0.29) is 0 Å². The molecule has 0 radical (unpaired) electrons. The molecule has 5 aliphatic carbocycles. The second kappa shape index (κ2) is 8.28. The Balaban J connectivity index is 1.30. The van der Waals surface area contributed by atoms with Crippen molar-refractivity contribution in [2.24, 2.45) is 34.8 Å². The number of hydrogen-bond donors (Lipinski definition) is 1. The van der Waals surface area contributed by atoms with Crippen molar-refractivity contribution in [1.82, 2.24) is 0 Å². The molecule has 2 N–H and O–H groups in total. The Morgan fingerprint density at radius 1 is 0.966 bits per heavy atom. The first-order valence-corrected chi connectivity index (χ1v) is 12.5. The molecule has 0 aliphatic heterocycles. The van der Waals surface area contributed by atoms with Crippen LogP contribution in [-0.2, 0) is 0 Å². The molecule has 0 aromatic heterocycles. The van der Waals surface area contributed by atoms with Gasteiger partial charge in [-0.3, -0.25) is 0 Å². The van der Waals surface area contributed by atoms with Gasteiger partial charge in [-0.05, 0) is 111 Å². The number of benzene rings is 1. The van der Waals surface area contributed by atoms with E-state index in [1.165, 1.54) is 69.8 Å². The molecule has 0 spiro atoms. The summed E-state index contributed by atoms with van der Waals surface area (Å²) >= 11 is 6.84. The first kappa shape index (κ1) is 20.0. The molecule has 0 heterocycles. The molecular formula is C27H36ClN. The van der Waals surface area contributed by atoms with Gasteiger partial charge in [0.1, 0.15) is 0 Å². The van der Waals surface area contributed by atoms with E-state index in [0.717, 1.165) is 53.6 Å². The number of nitrogens with two attached hydrogens (primary N) is 1. The van der Waals surface area contributed by atoms with Gasteiger partial charge in [-0.1, -0.05) is 48.8 Å². The van der Waals surface area contributed by atoms with Crippen LogP contribution in [0.4, 0.5) is 0 Å². The number of halogens is 1. The van der Waals surface area contributed by atoms with Gasteiger partial charge in [-0.2, -0.15) is 0 Å². The second-order valence-corrected chi connectivity index (χ2v) is 11.2. The van der Waals surface area contributed by atoms with Crippen molar-refractivity contribution in [1.29, 1.82) is 0 Å². The summed E-state index contributed by atoms with van der Waals surface area (Å²) in [6.07, 6.45) is 16.0. The van der Waals surface area contributed by atoms with Crippen LogP contribution in [0.2, 0.25) is 5.02 Å². The molecule has 2 heteroatoms. The van der Waals surface area contributed by atoms with Gasteiger partial charge in [0.25, 0.3) is 0 Å². The molecule has 5 aliphatic rings. The van der Waals surface area contributed by atoms with Crippen LogP contribution in [0.25, 0.3) is 0 Å². The van der Waals surface area contributed by atoms with Gasteiger partial charge in [0.05, 0.1) is 0 Å². The van der Waals surface area contributed by atoms with Crippen molar-refractivity contribution in [2.75, 3.05) is 6.54 Å². The average molecular weight is 410 g/mol. The molecule has 1 aromatic carbocycles. The fourth-order valence-corrected chi connectivity index (χ4v) is 8.07. The first-order chi connectivity index (χ1) is 14.2. The lowest BCUT2D eigenvalue weighted by Gasteiger charge is -2.54. The predicted octanol–water partition coefficient (Wildman–Crippen LogP) is 6.92. The third kappa shape index (κ3) is 4.00. The Labute approximate surface area is 182 Å². The second-order valence-electron chi connectivity index (χ2n) is 10.8. The monoisotopic (exact) mass is 409 g/mol. The van der Waals surface area contributed by atoms with Gasteiger partial charge in [0.15, 0.2) is 0 Å². The molecule has 1 aromatic rings. The highest BCUT2D eigenvalue weighted by atomic mass is 35.5. The van der Waals surface area contributed by atoms with Crippen molar-refractivity contribution in [3.8, 4) is 11.8 Å². The average Bonchev–Trinajstić information content (AvgIpc) is 2.69. The SMILES string of the molecule is NCCC1(CC#Cc2ccc(C3C4CC5CC(C4)CC3C5)c(Cl)c2)CCCCC1. The highest BCUT2D eigenvalue weighted by Gasteiger charge is 2.48. The molecule has 5 fully saturated rings. The van der Waals surface area contributed by atoms with Crippen LogP contribution in [0.5, 0.6) is 0 Å². The fraction of sp³-hybridized carbons (Fsp3) is 0.704. The third-order valence-corrected chi connectivity index (χ3v) is 9.20. The van der Waals surface area contributed by atoms with Crippen LogP contribution in [0, 0.1) is 40.9 Å². The zero-order chi connectivity index (χ0) is 19.8. The van der Waals surface area contributed by atoms with E-state index < -0.39 is 0 Å². The van der Waals surface area contributed by atoms with E-state index in [1.807, 2.05) is 0 Å². The van der Waals surface area contributed by atoms with Crippen LogP contribution in [0.3, 0.4) is 0 Å². The first-order valence-electron chi connectivity index (χ1n) is 12.1. The van der Waals surface area contributed by atoms with Crippen LogP contribution >= 0.6 is 11.6 Å². The molecule has 6 rings (SSSR count). The van der Waals surface area contributed by atoms with Gasteiger partial charge in [0, 0.05) is 17.0 Å². The lowest BCUT2D eigenvalue weighted by Crippen LogP contribution is -2.43. The van der Waals surface area contributed by atoms with Crippen LogP contribution < -0.4 is 5.73 Å². The molecule has 1 nitrogen and oxygen atoms in total. The molecule has 0 atom stereocenters. The maximum Gasteiger partial charge on any atom is 0.0453 e. The molecule has 0 saturated heterocycles. The zero-order valence-electron chi connectivity index (χ0n) is 17.8. The van der Waals surface area contributed by atoms with E-state index in [1.54, 1.807) is 0 Å². The van der Waals surface area contributed by atoms with Crippen molar-refractivity contribution >= 4 is 11.6 Å². The fourth-order valence-electron chi connectivity index (χ4n) is 7.77. The minimum Gasteiger partial charge on any atom is -0.330 e. The summed E-state index contributed by atoms with van der Waals surface area (Å²) in [6.45, 7) is 0.785. The molecular weight excluding hydrogens is 374 g/mol. The molecule has 29 heavy (non-hydrogen) atoms. The van der Waals surface area contributed by atoms with Crippen molar-refractivity contribution in [3.63, 3.8) is 0 Å². The summed E-state index contributed by atoms with van der Waals surface area (Å²) in [5, 5.41) is 0.962. The quantitative estimate of drug-likeness (QED) is 0.536. The maximum absolute atomic E-state index is 6.84. The Morgan fingerprint density at radius 2 is 1.66 bits per heavy atom. The van der Waals surface area contributed by atoms with Crippen molar-refractivity contribution in [3.05, 3.63) is 34.3 Å². The van der Waals surface area contributed by atoms with Crippen LogP contribution in [-0.4, -0.2) is 6.54 Å². The normalized spacial score (nSPS) is 34.6. The summed E-state index contributed by atoms with van der Waals surface area (Å²) in [5.41, 5.74) is 8.78. The summed E-state index contributed by atoms with van der Waals surface area (Å²) in [5.74, 6) is 11.4. The number of rotatable bonds is 4. The minimum atomic E-state index is 0.365. The van der Waals surface area contributed by atoms with E-state index in [4.69, 9.17) is 17.3 Å². The molecule has 0 amide bonds. The largest absolute Gasteiger partial charge is 0.330 e. The molecule has 0 unspecified atom stereocenters. The van der Waals surface area contributed by atoms with Crippen molar-refractivity contribution < 1.29 is 0 Å². The van der Waals surface area contributed by atoms with Gasteiger partial charge < -0.3 is 5.73 Å². The highest BCUT2D eigenvalue weighted by molar-refractivity contribution is 6.31. The molecule has 4 bridgehead atoms. The van der Waals surface area contributed by atoms with E-state index in [0.29, 0.717) is 11.3 Å². The Kier molecular flexibility index (Phi) is 5.70. The number of hydrogen-bond acceptors (Lipinski definition) is 1. The van der Waals surface area contributed by atoms with Gasteiger partial charge >= 0.3 is 0 Å². The molecule has 5 saturated carbocycles. The summed E-state index contributed by atoms with van der Waals surface area (Å²) in [6, 6.07) is 6.69. The van der Waals surface area contributed by atoms with E-state index in [9.17, 15) is 0 Å². The Bertz CT molecular complexity index is 761. The van der Waals surface area contributed by atoms with E-state index >= 15 is 0 Å². The lowest BCUT2D eigenvalue weighted by atomic mass is 9.51. The third-order valence-electron chi connectivity index (χ3n) is 8.87. The smallest absolute Gasteiger partial charge is 0.0453 e. The van der Waals surface area contributed by atoms with Gasteiger partial charge in [0.2, 0.25) is 0 Å². The van der Waals surface area contributed by atoms with Crippen molar-refractivity contribution in [2.45, 2.75) is 83.0 Å². The molecule has 156 valence electrons. The lowest BCUT2D eigenvalue weighted by molar-refractivity contribution is -0.00275. The van der Waals surface area contributed by atoms with Crippen LogP contribution in [0.1, 0.15) is 94.1 Å². The standard InChI is InChI=1S/C27H36ClN/c28-25-18-19(5-4-10-27(11-12-29)8-2-1-3-9-27)6-7-24(25)26-22-14-20-13-21(16-22)17-23(26)15-20/h6-7,18,20-23,26H,1-3,8-17,29H2. The predicted molar refractivity (Wildman–Crippen MR) is 122 cm³/mol. The Hall–Kier alpha value is -0.970. The Morgan fingerprint density at radius 3 is 2.28 bits per heavy atom. The van der Waals surface area contributed by atoms with E-state index in [2.05, 4.69) is 30.0 Å². The topological polar surface area (TPSA) is 26.0 Å². The minimum absolute atomic E-state index is 0.365. The zero-order valence-corrected chi connectivity index (χ0v) is 18.5. The summed E-state index contributed by atoms with van der Waals surface area (Å²) < 4.78 is 0. The summed E-state index contributed by atoms with van der Waals surface area (Å²) in [7, 11) is 0. The van der Waals surface area contributed by atoms with Gasteiger partial charge in [-0.15, -0.1) is 0 Å². The van der Waals surface area contributed by atoms with Gasteiger partial charge in [-0.25, -0.2) is 0 Å².